The van der Waals surface area contributed by atoms with Gasteiger partial charge in [-0.1, -0.05) is 33.6 Å². The van der Waals surface area contributed by atoms with E-state index in [4.69, 9.17) is 11.6 Å². The third kappa shape index (κ3) is 3.02. The van der Waals surface area contributed by atoms with Crippen LogP contribution >= 0.6 is 27.5 Å². The normalized spacial score (nSPS) is 12.7. The number of hydrogen-bond acceptors (Lipinski definition) is 2. The van der Waals surface area contributed by atoms with E-state index in [9.17, 15) is 5.11 Å². The number of aliphatic hydroxyl groups is 1. The summed E-state index contributed by atoms with van der Waals surface area (Å²) in [5.74, 6) is 0. The molecule has 1 atom stereocenters. The smallest absolute Gasteiger partial charge is 0.130 e. The average Bonchev–Trinajstić information content (AvgIpc) is 2.56. The zero-order chi connectivity index (χ0) is 14.2. The van der Waals surface area contributed by atoms with E-state index in [1.54, 1.807) is 11.7 Å². The summed E-state index contributed by atoms with van der Waals surface area (Å²) >= 11 is 9.62. The Kier molecular flexibility index (Phi) is 4.33. The van der Waals surface area contributed by atoms with Gasteiger partial charge in [0.2, 0.25) is 0 Å². The molecule has 0 bridgehead atoms. The van der Waals surface area contributed by atoms with Crippen LogP contribution in [-0.4, -0.2) is 14.9 Å². The highest BCUT2D eigenvalue weighted by Gasteiger charge is 2.18. The van der Waals surface area contributed by atoms with Gasteiger partial charge in [0.1, 0.15) is 5.15 Å². The van der Waals surface area contributed by atoms with Crippen LogP contribution in [0.15, 0.2) is 22.7 Å². The van der Waals surface area contributed by atoms with E-state index in [1.807, 2.05) is 32.0 Å². The average molecular weight is 344 g/mol. The van der Waals surface area contributed by atoms with Crippen LogP contribution in [0.3, 0.4) is 0 Å². The van der Waals surface area contributed by atoms with Gasteiger partial charge in [0.25, 0.3) is 0 Å². The molecule has 5 heteroatoms. The van der Waals surface area contributed by atoms with Gasteiger partial charge in [0.15, 0.2) is 0 Å². The lowest BCUT2D eigenvalue weighted by Gasteiger charge is -2.14. The maximum atomic E-state index is 10.4. The molecule has 0 aliphatic heterocycles. The largest absolute Gasteiger partial charge is 0.388 e. The van der Waals surface area contributed by atoms with Crippen LogP contribution in [0.2, 0.25) is 5.15 Å². The van der Waals surface area contributed by atoms with Crippen molar-refractivity contribution < 1.29 is 5.11 Å². The van der Waals surface area contributed by atoms with Gasteiger partial charge >= 0.3 is 0 Å². The van der Waals surface area contributed by atoms with Crippen molar-refractivity contribution in [3.05, 3.63) is 50.2 Å². The topological polar surface area (TPSA) is 38.1 Å². The van der Waals surface area contributed by atoms with Gasteiger partial charge in [-0.25, -0.2) is 0 Å². The molecule has 0 aliphatic carbocycles. The molecule has 0 amide bonds. The van der Waals surface area contributed by atoms with Crippen molar-refractivity contribution in [1.82, 2.24) is 9.78 Å². The molecule has 19 heavy (non-hydrogen) atoms. The molecule has 3 nitrogen and oxygen atoms in total. The third-order valence-corrected chi connectivity index (χ3v) is 4.22. The summed E-state index contributed by atoms with van der Waals surface area (Å²) in [6, 6.07) is 5.86. The van der Waals surface area contributed by atoms with Gasteiger partial charge in [-0.2, -0.15) is 5.10 Å². The van der Waals surface area contributed by atoms with Crippen LogP contribution in [0.5, 0.6) is 0 Å². The molecule has 2 rings (SSSR count). The number of aromatic nitrogens is 2. The summed E-state index contributed by atoms with van der Waals surface area (Å²) in [7, 11) is 1.80. The standard InChI is InChI=1S/C14H16BrClN2O/c1-8-6-10(15)4-5-11(8)13(19)7-12-9(2)17-18(3)14(12)16/h4-6,13,19H,7H2,1-3H3. The Balaban J connectivity index is 2.28. The zero-order valence-corrected chi connectivity index (χ0v) is 13.5. The fourth-order valence-electron chi connectivity index (χ4n) is 2.22. The number of halogens is 2. The monoisotopic (exact) mass is 342 g/mol. The second kappa shape index (κ2) is 5.65. The Labute approximate surface area is 126 Å². The van der Waals surface area contributed by atoms with Crippen molar-refractivity contribution in [2.45, 2.75) is 26.4 Å². The minimum Gasteiger partial charge on any atom is -0.388 e. The van der Waals surface area contributed by atoms with E-state index in [0.29, 0.717) is 11.6 Å². The van der Waals surface area contributed by atoms with Crippen LogP contribution in [0, 0.1) is 13.8 Å². The highest BCUT2D eigenvalue weighted by molar-refractivity contribution is 9.10. The number of nitrogens with zero attached hydrogens (tertiary/aromatic N) is 2. The lowest BCUT2D eigenvalue weighted by molar-refractivity contribution is 0.177. The Bertz CT molecular complexity index is 610. The van der Waals surface area contributed by atoms with Gasteiger partial charge in [-0.05, 0) is 37.1 Å². The van der Waals surface area contributed by atoms with Gasteiger partial charge in [0.05, 0.1) is 11.8 Å². The minimum absolute atomic E-state index is 0.473. The lowest BCUT2D eigenvalue weighted by Crippen LogP contribution is -2.05. The number of aliphatic hydroxyl groups excluding tert-OH is 1. The quantitative estimate of drug-likeness (QED) is 0.922. The van der Waals surface area contributed by atoms with Crippen molar-refractivity contribution >= 4 is 27.5 Å². The molecule has 1 N–H and O–H groups in total. The third-order valence-electron chi connectivity index (χ3n) is 3.26. The van der Waals surface area contributed by atoms with Crippen LogP contribution < -0.4 is 0 Å². The molecule has 0 fully saturated rings. The number of rotatable bonds is 3. The van der Waals surface area contributed by atoms with Gasteiger partial charge in [-0.15, -0.1) is 0 Å². The molecule has 0 spiro atoms. The Hall–Kier alpha value is -0.840. The molecule has 2 aromatic rings. The van der Waals surface area contributed by atoms with E-state index >= 15 is 0 Å². The second-order valence-corrected chi connectivity index (χ2v) is 5.97. The van der Waals surface area contributed by atoms with E-state index < -0.39 is 6.10 Å². The summed E-state index contributed by atoms with van der Waals surface area (Å²) in [6.45, 7) is 3.89. The molecule has 1 aromatic carbocycles. The second-order valence-electron chi connectivity index (χ2n) is 4.70. The number of benzene rings is 1. The Morgan fingerprint density at radius 1 is 1.42 bits per heavy atom. The zero-order valence-electron chi connectivity index (χ0n) is 11.1. The lowest BCUT2D eigenvalue weighted by atomic mass is 9.98. The van der Waals surface area contributed by atoms with E-state index in [0.717, 1.165) is 26.9 Å². The van der Waals surface area contributed by atoms with Crippen molar-refractivity contribution in [2.75, 3.05) is 0 Å². The number of hydrogen-bond donors (Lipinski definition) is 1. The highest BCUT2D eigenvalue weighted by atomic mass is 79.9. The summed E-state index contributed by atoms with van der Waals surface area (Å²) in [5.41, 5.74) is 3.74. The van der Waals surface area contributed by atoms with Crippen LogP contribution in [0.4, 0.5) is 0 Å². The van der Waals surface area contributed by atoms with E-state index in [1.165, 1.54) is 0 Å². The molecule has 0 radical (unpaired) electrons. The first kappa shape index (κ1) is 14.6. The molecular formula is C14H16BrClN2O. The maximum absolute atomic E-state index is 10.4. The van der Waals surface area contributed by atoms with Crippen LogP contribution in [0.1, 0.15) is 28.5 Å². The summed E-state index contributed by atoms with van der Waals surface area (Å²) in [5, 5.41) is 15.2. The predicted molar refractivity (Wildman–Crippen MR) is 80.5 cm³/mol. The van der Waals surface area contributed by atoms with Gasteiger partial charge in [0, 0.05) is 23.5 Å². The summed E-state index contributed by atoms with van der Waals surface area (Å²) < 4.78 is 2.64. The van der Waals surface area contributed by atoms with Gasteiger partial charge in [-0.3, -0.25) is 4.68 Å². The van der Waals surface area contributed by atoms with Gasteiger partial charge < -0.3 is 5.11 Å². The summed E-state index contributed by atoms with van der Waals surface area (Å²) in [4.78, 5) is 0. The van der Waals surface area contributed by atoms with Crippen molar-refractivity contribution in [1.29, 1.82) is 0 Å². The maximum Gasteiger partial charge on any atom is 0.130 e. The van der Waals surface area contributed by atoms with Crippen molar-refractivity contribution in [3.63, 3.8) is 0 Å². The molecule has 1 heterocycles. The Morgan fingerprint density at radius 2 is 2.11 bits per heavy atom. The minimum atomic E-state index is -0.575. The van der Waals surface area contributed by atoms with Crippen molar-refractivity contribution in [2.24, 2.45) is 7.05 Å². The molecule has 1 unspecified atom stereocenters. The molecule has 0 saturated carbocycles. The summed E-state index contributed by atoms with van der Waals surface area (Å²) in [6.07, 6.45) is -0.102. The van der Waals surface area contributed by atoms with Crippen molar-refractivity contribution in [3.8, 4) is 0 Å². The fraction of sp³-hybridized carbons (Fsp3) is 0.357. The predicted octanol–water partition coefficient (Wildman–Crippen LogP) is 3.73. The molecular weight excluding hydrogens is 328 g/mol. The van der Waals surface area contributed by atoms with Crippen LogP contribution in [0.25, 0.3) is 0 Å². The first-order chi connectivity index (χ1) is 8.90. The molecule has 0 saturated heterocycles. The molecule has 0 aliphatic rings. The number of aryl methyl sites for hydroxylation is 3. The first-order valence-corrected chi connectivity index (χ1v) is 7.19. The molecule has 102 valence electrons. The molecule has 1 aromatic heterocycles. The van der Waals surface area contributed by atoms with E-state index in [2.05, 4.69) is 21.0 Å². The fourth-order valence-corrected chi connectivity index (χ4v) is 2.95. The van der Waals surface area contributed by atoms with E-state index in [-0.39, 0.29) is 0 Å². The Morgan fingerprint density at radius 3 is 2.63 bits per heavy atom. The highest BCUT2D eigenvalue weighted by Crippen LogP contribution is 2.28. The van der Waals surface area contributed by atoms with Crippen LogP contribution in [-0.2, 0) is 13.5 Å². The first-order valence-electron chi connectivity index (χ1n) is 6.02. The SMILES string of the molecule is Cc1cc(Br)ccc1C(O)Cc1c(C)nn(C)c1Cl.